The molecule has 0 heterocycles. The summed E-state index contributed by atoms with van der Waals surface area (Å²) in [5.74, 6) is 1.27. The molecule has 1 aromatic carbocycles. The zero-order valence-corrected chi connectivity index (χ0v) is 9.83. The lowest BCUT2D eigenvalue weighted by atomic mass is 10.00. The smallest absolute Gasteiger partial charge is 0.0611 e. The molecule has 1 heteroatoms. The lowest BCUT2D eigenvalue weighted by molar-refractivity contribution is 0.146. The van der Waals surface area contributed by atoms with Crippen LogP contribution in [-0.2, 0) is 6.42 Å². The number of hydrogen-bond donors (Lipinski definition) is 1. The van der Waals surface area contributed by atoms with E-state index in [0.29, 0.717) is 5.92 Å². The first-order chi connectivity index (χ1) is 7.06. The first-order valence-electron chi connectivity index (χ1n) is 5.81. The minimum atomic E-state index is -0.138. The molecule has 0 amide bonds. The van der Waals surface area contributed by atoms with E-state index in [4.69, 9.17) is 0 Å². The molecule has 3 atom stereocenters. The fourth-order valence-electron chi connectivity index (χ4n) is 2.47. The average molecular weight is 204 g/mol. The maximum absolute atomic E-state index is 9.99. The van der Waals surface area contributed by atoms with Gasteiger partial charge in [0.25, 0.3) is 0 Å². The zero-order chi connectivity index (χ0) is 11.0. The van der Waals surface area contributed by atoms with Gasteiger partial charge in [-0.2, -0.15) is 0 Å². The van der Waals surface area contributed by atoms with Crippen LogP contribution in [0.25, 0.3) is 0 Å². The summed E-state index contributed by atoms with van der Waals surface area (Å²) in [6.45, 7) is 6.45. The molecule has 15 heavy (non-hydrogen) atoms. The van der Waals surface area contributed by atoms with Gasteiger partial charge in [-0.1, -0.05) is 36.2 Å². The lowest BCUT2D eigenvalue weighted by Crippen LogP contribution is -2.14. The van der Waals surface area contributed by atoms with E-state index in [9.17, 15) is 5.11 Å². The van der Waals surface area contributed by atoms with Crippen molar-refractivity contribution in [1.82, 2.24) is 0 Å². The third-order valence-corrected chi connectivity index (χ3v) is 3.39. The van der Waals surface area contributed by atoms with Crippen molar-refractivity contribution in [2.24, 2.45) is 11.8 Å². The summed E-state index contributed by atoms with van der Waals surface area (Å²) in [7, 11) is 0. The molecule has 0 bridgehead atoms. The van der Waals surface area contributed by atoms with Gasteiger partial charge < -0.3 is 5.11 Å². The molecular weight excluding hydrogens is 184 g/mol. The Morgan fingerprint density at radius 2 is 1.80 bits per heavy atom. The van der Waals surface area contributed by atoms with Crippen molar-refractivity contribution < 1.29 is 5.11 Å². The molecule has 1 aliphatic rings. The van der Waals surface area contributed by atoms with Crippen LogP contribution in [0.2, 0.25) is 0 Å². The normalized spacial score (nSPS) is 26.4. The van der Waals surface area contributed by atoms with Gasteiger partial charge in [0.15, 0.2) is 0 Å². The van der Waals surface area contributed by atoms with Gasteiger partial charge in [-0.15, -0.1) is 0 Å². The number of aliphatic hydroxyl groups excluding tert-OH is 1. The number of hydrogen-bond acceptors (Lipinski definition) is 1. The zero-order valence-electron chi connectivity index (χ0n) is 9.83. The first-order valence-corrected chi connectivity index (χ1v) is 5.81. The summed E-state index contributed by atoms with van der Waals surface area (Å²) >= 11 is 0. The summed E-state index contributed by atoms with van der Waals surface area (Å²) in [6.07, 6.45) is 1.88. The van der Waals surface area contributed by atoms with E-state index < -0.39 is 0 Å². The van der Waals surface area contributed by atoms with Crippen LogP contribution in [0, 0.1) is 25.7 Å². The molecule has 0 aromatic heterocycles. The van der Waals surface area contributed by atoms with E-state index in [1.807, 2.05) is 0 Å². The van der Waals surface area contributed by atoms with Crippen LogP contribution in [0.5, 0.6) is 0 Å². The molecule has 0 radical (unpaired) electrons. The Bertz CT molecular complexity index is 336. The molecule has 1 aromatic rings. The van der Waals surface area contributed by atoms with Crippen molar-refractivity contribution in [2.45, 2.75) is 39.7 Å². The Morgan fingerprint density at radius 3 is 2.27 bits per heavy atom. The van der Waals surface area contributed by atoms with Crippen LogP contribution >= 0.6 is 0 Å². The molecular formula is C14H20O. The fraction of sp³-hybridized carbons (Fsp3) is 0.571. The van der Waals surface area contributed by atoms with Crippen molar-refractivity contribution in [1.29, 1.82) is 0 Å². The number of benzene rings is 1. The maximum Gasteiger partial charge on any atom is 0.0611 e. The van der Waals surface area contributed by atoms with Crippen LogP contribution in [0.1, 0.15) is 30.0 Å². The Kier molecular flexibility index (Phi) is 2.83. The second-order valence-electron chi connectivity index (χ2n) is 5.14. The second-order valence-corrected chi connectivity index (χ2v) is 5.14. The predicted octanol–water partition coefficient (Wildman–Crippen LogP) is 2.86. The Hall–Kier alpha value is -0.820. The summed E-state index contributed by atoms with van der Waals surface area (Å²) < 4.78 is 0. The minimum Gasteiger partial charge on any atom is -0.392 e. The summed E-state index contributed by atoms with van der Waals surface area (Å²) in [5, 5.41) is 9.99. The minimum absolute atomic E-state index is 0.138. The van der Waals surface area contributed by atoms with Gasteiger partial charge in [-0.3, -0.25) is 0 Å². The van der Waals surface area contributed by atoms with Crippen LogP contribution in [0.15, 0.2) is 18.2 Å². The van der Waals surface area contributed by atoms with Crippen molar-refractivity contribution >= 4 is 0 Å². The molecule has 0 saturated heterocycles. The predicted molar refractivity (Wildman–Crippen MR) is 62.9 cm³/mol. The van der Waals surface area contributed by atoms with E-state index >= 15 is 0 Å². The van der Waals surface area contributed by atoms with E-state index in [2.05, 4.69) is 39.0 Å². The highest BCUT2D eigenvalue weighted by atomic mass is 16.3. The highest BCUT2D eigenvalue weighted by molar-refractivity contribution is 5.29. The third kappa shape index (κ3) is 2.60. The standard InChI is InChI=1S/C14H20O/c1-9-4-10(2)6-12(5-9)8-14(15)13-7-11(13)3/h4-6,11,13-15H,7-8H2,1-3H3. The van der Waals surface area contributed by atoms with Crippen molar-refractivity contribution in [2.75, 3.05) is 0 Å². The molecule has 0 aliphatic heterocycles. The molecule has 1 saturated carbocycles. The van der Waals surface area contributed by atoms with Gasteiger partial charge in [0.05, 0.1) is 6.10 Å². The number of rotatable bonds is 3. The monoisotopic (exact) mass is 204 g/mol. The summed E-state index contributed by atoms with van der Waals surface area (Å²) in [4.78, 5) is 0. The maximum atomic E-state index is 9.99. The van der Waals surface area contributed by atoms with Gasteiger partial charge in [0.1, 0.15) is 0 Å². The van der Waals surface area contributed by atoms with E-state index in [1.165, 1.54) is 23.1 Å². The molecule has 82 valence electrons. The fourth-order valence-corrected chi connectivity index (χ4v) is 2.47. The Morgan fingerprint density at radius 1 is 1.27 bits per heavy atom. The van der Waals surface area contributed by atoms with E-state index in [1.54, 1.807) is 0 Å². The summed E-state index contributed by atoms with van der Waals surface area (Å²) in [5.41, 5.74) is 3.86. The number of aliphatic hydroxyl groups is 1. The number of aryl methyl sites for hydroxylation is 2. The van der Waals surface area contributed by atoms with Gasteiger partial charge in [0.2, 0.25) is 0 Å². The van der Waals surface area contributed by atoms with E-state index in [0.717, 1.165) is 12.3 Å². The topological polar surface area (TPSA) is 20.2 Å². The molecule has 1 fully saturated rings. The lowest BCUT2D eigenvalue weighted by Gasteiger charge is -2.11. The van der Waals surface area contributed by atoms with Crippen molar-refractivity contribution in [3.63, 3.8) is 0 Å². The molecule has 1 aliphatic carbocycles. The van der Waals surface area contributed by atoms with Gasteiger partial charge >= 0.3 is 0 Å². The van der Waals surface area contributed by atoms with Crippen LogP contribution in [-0.4, -0.2) is 11.2 Å². The van der Waals surface area contributed by atoms with E-state index in [-0.39, 0.29) is 6.10 Å². The van der Waals surface area contributed by atoms with Crippen LogP contribution < -0.4 is 0 Å². The van der Waals surface area contributed by atoms with Gasteiger partial charge in [-0.05, 0) is 44.1 Å². The second kappa shape index (κ2) is 3.97. The molecule has 3 unspecified atom stereocenters. The highest BCUT2D eigenvalue weighted by Gasteiger charge is 2.38. The Labute approximate surface area is 92.1 Å². The average Bonchev–Trinajstić information content (AvgIpc) is 2.80. The van der Waals surface area contributed by atoms with Gasteiger partial charge in [0, 0.05) is 0 Å². The van der Waals surface area contributed by atoms with Gasteiger partial charge in [-0.25, -0.2) is 0 Å². The largest absolute Gasteiger partial charge is 0.392 e. The van der Waals surface area contributed by atoms with Crippen molar-refractivity contribution in [3.05, 3.63) is 34.9 Å². The Balaban J connectivity index is 2.03. The molecule has 1 nitrogen and oxygen atoms in total. The SMILES string of the molecule is Cc1cc(C)cc(CC(O)C2CC2C)c1. The van der Waals surface area contributed by atoms with Crippen LogP contribution in [0.3, 0.4) is 0 Å². The molecule has 1 N–H and O–H groups in total. The quantitative estimate of drug-likeness (QED) is 0.802. The van der Waals surface area contributed by atoms with Crippen molar-refractivity contribution in [3.8, 4) is 0 Å². The van der Waals surface area contributed by atoms with Crippen LogP contribution in [0.4, 0.5) is 0 Å². The molecule has 2 rings (SSSR count). The third-order valence-electron chi connectivity index (χ3n) is 3.39. The molecule has 0 spiro atoms. The highest BCUT2D eigenvalue weighted by Crippen LogP contribution is 2.41. The first kappa shape index (κ1) is 10.7. The summed E-state index contributed by atoms with van der Waals surface area (Å²) in [6, 6.07) is 6.54.